The predicted octanol–water partition coefficient (Wildman–Crippen LogP) is 3.48. The quantitative estimate of drug-likeness (QED) is 0.848. The maximum absolute atomic E-state index is 4.47. The molecule has 1 saturated heterocycles. The van der Waals surface area contributed by atoms with Gasteiger partial charge in [0, 0.05) is 13.1 Å². The SMILES string of the molecule is c1cc(CN2CCCCC2c2nncn2CC2CC2)cs1. The molecule has 0 spiro atoms. The van der Waals surface area contributed by atoms with Crippen molar-refractivity contribution in [3.63, 3.8) is 0 Å². The molecule has 0 N–H and O–H groups in total. The van der Waals surface area contributed by atoms with Gasteiger partial charge >= 0.3 is 0 Å². The largest absolute Gasteiger partial charge is 0.316 e. The monoisotopic (exact) mass is 302 g/mol. The first-order valence-corrected chi connectivity index (χ1v) is 8.97. The molecule has 1 unspecified atom stereocenters. The lowest BCUT2D eigenvalue weighted by atomic mass is 10.0. The van der Waals surface area contributed by atoms with Crippen LogP contribution in [0, 0.1) is 5.92 Å². The summed E-state index contributed by atoms with van der Waals surface area (Å²) in [6.45, 7) is 3.34. The molecule has 2 aromatic rings. The first-order valence-electron chi connectivity index (χ1n) is 8.03. The molecule has 0 aromatic carbocycles. The molecular weight excluding hydrogens is 280 g/mol. The highest BCUT2D eigenvalue weighted by Gasteiger charge is 2.30. The van der Waals surface area contributed by atoms with Crippen LogP contribution in [0.25, 0.3) is 0 Å². The van der Waals surface area contributed by atoms with Gasteiger partial charge in [-0.3, -0.25) is 4.90 Å². The van der Waals surface area contributed by atoms with Crippen LogP contribution in [0.5, 0.6) is 0 Å². The van der Waals surface area contributed by atoms with Crippen molar-refractivity contribution in [1.82, 2.24) is 19.7 Å². The van der Waals surface area contributed by atoms with E-state index in [4.69, 9.17) is 0 Å². The summed E-state index contributed by atoms with van der Waals surface area (Å²) < 4.78 is 2.31. The smallest absolute Gasteiger partial charge is 0.150 e. The van der Waals surface area contributed by atoms with E-state index < -0.39 is 0 Å². The van der Waals surface area contributed by atoms with Crippen molar-refractivity contribution in [1.29, 1.82) is 0 Å². The second kappa shape index (κ2) is 5.89. The first kappa shape index (κ1) is 13.5. The Labute approximate surface area is 129 Å². The lowest BCUT2D eigenvalue weighted by molar-refractivity contribution is 0.130. The van der Waals surface area contributed by atoms with Crippen LogP contribution in [-0.2, 0) is 13.1 Å². The maximum atomic E-state index is 4.47. The third kappa shape index (κ3) is 3.04. The Morgan fingerprint density at radius 2 is 2.19 bits per heavy atom. The zero-order valence-corrected chi connectivity index (χ0v) is 13.1. The number of nitrogens with zero attached hydrogens (tertiary/aromatic N) is 4. The summed E-state index contributed by atoms with van der Waals surface area (Å²) in [7, 11) is 0. The van der Waals surface area contributed by atoms with Gasteiger partial charge in [0.25, 0.3) is 0 Å². The van der Waals surface area contributed by atoms with Crippen LogP contribution in [-0.4, -0.2) is 26.2 Å². The van der Waals surface area contributed by atoms with Gasteiger partial charge in [-0.25, -0.2) is 0 Å². The van der Waals surface area contributed by atoms with E-state index in [0.717, 1.165) is 19.0 Å². The molecular formula is C16H22N4S. The average Bonchev–Trinajstić information content (AvgIpc) is 2.98. The molecule has 0 amide bonds. The maximum Gasteiger partial charge on any atom is 0.150 e. The summed E-state index contributed by atoms with van der Waals surface area (Å²) in [5.41, 5.74) is 1.43. The van der Waals surface area contributed by atoms with E-state index in [1.165, 1.54) is 50.0 Å². The van der Waals surface area contributed by atoms with E-state index in [-0.39, 0.29) is 0 Å². The molecule has 21 heavy (non-hydrogen) atoms. The molecule has 4 nitrogen and oxygen atoms in total. The summed E-state index contributed by atoms with van der Waals surface area (Å²) in [6.07, 6.45) is 8.51. The number of piperidine rings is 1. The standard InChI is InChI=1S/C16H22N4S/c1-2-7-19(10-14-6-8-21-11-14)15(3-1)16-18-17-12-20(16)9-13-4-5-13/h6,8,11-13,15H,1-5,7,9-10H2. The van der Waals surface area contributed by atoms with Gasteiger partial charge in [0.2, 0.25) is 0 Å². The molecule has 4 rings (SSSR count). The minimum Gasteiger partial charge on any atom is -0.316 e. The fourth-order valence-corrected chi connectivity index (χ4v) is 3.99. The normalized spacial score (nSPS) is 23.5. The van der Waals surface area contributed by atoms with Crippen molar-refractivity contribution in [2.75, 3.05) is 6.54 Å². The Morgan fingerprint density at radius 3 is 3.00 bits per heavy atom. The van der Waals surface area contributed by atoms with Crippen molar-refractivity contribution >= 4 is 11.3 Å². The van der Waals surface area contributed by atoms with Gasteiger partial charge in [-0.05, 0) is 60.5 Å². The second-order valence-electron chi connectivity index (χ2n) is 6.40. The average molecular weight is 302 g/mol. The number of hydrogen-bond donors (Lipinski definition) is 0. The molecule has 2 aromatic heterocycles. The zero-order chi connectivity index (χ0) is 14.1. The van der Waals surface area contributed by atoms with E-state index in [1.54, 1.807) is 11.3 Å². The van der Waals surface area contributed by atoms with Crippen molar-refractivity contribution in [3.05, 3.63) is 34.5 Å². The summed E-state index contributed by atoms with van der Waals surface area (Å²) in [4.78, 5) is 2.60. The summed E-state index contributed by atoms with van der Waals surface area (Å²) >= 11 is 1.79. The van der Waals surface area contributed by atoms with Crippen LogP contribution in [0.1, 0.15) is 49.5 Å². The molecule has 0 bridgehead atoms. The third-order valence-corrected chi connectivity index (χ3v) is 5.41. The Hall–Kier alpha value is -1.20. The van der Waals surface area contributed by atoms with Crippen LogP contribution in [0.3, 0.4) is 0 Å². The van der Waals surface area contributed by atoms with E-state index in [1.807, 2.05) is 6.33 Å². The molecule has 1 atom stereocenters. The van der Waals surface area contributed by atoms with Crippen LogP contribution >= 0.6 is 11.3 Å². The van der Waals surface area contributed by atoms with Crippen molar-refractivity contribution in [2.45, 2.75) is 51.2 Å². The number of aromatic nitrogens is 3. The molecule has 1 aliphatic carbocycles. The highest BCUT2D eigenvalue weighted by Crippen LogP contribution is 2.34. The summed E-state index contributed by atoms with van der Waals surface area (Å²) in [6, 6.07) is 2.69. The van der Waals surface area contributed by atoms with Crippen LogP contribution < -0.4 is 0 Å². The molecule has 2 fully saturated rings. The molecule has 2 aliphatic rings. The molecule has 0 radical (unpaired) electrons. The molecule has 5 heteroatoms. The Bertz CT molecular complexity index is 573. The van der Waals surface area contributed by atoms with Gasteiger partial charge in [0.1, 0.15) is 12.2 Å². The van der Waals surface area contributed by atoms with E-state index >= 15 is 0 Å². The van der Waals surface area contributed by atoms with Crippen molar-refractivity contribution in [3.8, 4) is 0 Å². The first-order chi connectivity index (χ1) is 10.4. The number of rotatable bonds is 5. The van der Waals surface area contributed by atoms with Gasteiger partial charge in [-0.1, -0.05) is 6.42 Å². The minimum absolute atomic E-state index is 0.444. The Balaban J connectivity index is 1.54. The van der Waals surface area contributed by atoms with E-state index in [9.17, 15) is 0 Å². The molecule has 1 aliphatic heterocycles. The van der Waals surface area contributed by atoms with Crippen LogP contribution in [0.2, 0.25) is 0 Å². The summed E-state index contributed by atoms with van der Waals surface area (Å²) in [5.74, 6) is 2.06. The fraction of sp³-hybridized carbons (Fsp3) is 0.625. The van der Waals surface area contributed by atoms with Gasteiger partial charge in [0.15, 0.2) is 0 Å². The number of hydrogen-bond acceptors (Lipinski definition) is 4. The van der Waals surface area contributed by atoms with Crippen LogP contribution in [0.4, 0.5) is 0 Å². The lowest BCUT2D eigenvalue weighted by Crippen LogP contribution is -2.34. The van der Waals surface area contributed by atoms with E-state index in [0.29, 0.717) is 6.04 Å². The lowest BCUT2D eigenvalue weighted by Gasteiger charge is -2.35. The highest BCUT2D eigenvalue weighted by atomic mass is 32.1. The molecule has 1 saturated carbocycles. The fourth-order valence-electron chi connectivity index (χ4n) is 3.33. The number of thiophene rings is 1. The number of likely N-dealkylation sites (tertiary alicyclic amines) is 1. The summed E-state index contributed by atoms with van der Waals surface area (Å²) in [5, 5.41) is 13.1. The minimum atomic E-state index is 0.444. The Kier molecular flexibility index (Phi) is 3.78. The second-order valence-corrected chi connectivity index (χ2v) is 7.18. The van der Waals surface area contributed by atoms with Crippen molar-refractivity contribution < 1.29 is 0 Å². The highest BCUT2D eigenvalue weighted by molar-refractivity contribution is 7.07. The molecule has 3 heterocycles. The topological polar surface area (TPSA) is 34.0 Å². The third-order valence-electron chi connectivity index (χ3n) is 4.67. The van der Waals surface area contributed by atoms with Gasteiger partial charge in [0.05, 0.1) is 6.04 Å². The molecule has 112 valence electrons. The van der Waals surface area contributed by atoms with Gasteiger partial charge in [-0.15, -0.1) is 10.2 Å². The predicted molar refractivity (Wildman–Crippen MR) is 84.1 cm³/mol. The van der Waals surface area contributed by atoms with Crippen LogP contribution in [0.15, 0.2) is 23.2 Å². The van der Waals surface area contributed by atoms with Gasteiger partial charge in [-0.2, -0.15) is 11.3 Å². The Morgan fingerprint density at radius 1 is 1.24 bits per heavy atom. The van der Waals surface area contributed by atoms with E-state index in [2.05, 4.69) is 36.5 Å². The van der Waals surface area contributed by atoms with Gasteiger partial charge < -0.3 is 4.57 Å². The zero-order valence-electron chi connectivity index (χ0n) is 12.3. The van der Waals surface area contributed by atoms with Crippen molar-refractivity contribution in [2.24, 2.45) is 5.92 Å².